The first kappa shape index (κ1) is 18.4. The van der Waals surface area contributed by atoms with Gasteiger partial charge in [0, 0.05) is 22.7 Å². The monoisotopic (exact) mass is 372 g/mol. The van der Waals surface area contributed by atoms with Crippen LogP contribution in [0.5, 0.6) is 5.75 Å². The van der Waals surface area contributed by atoms with Crippen LogP contribution in [0.2, 0.25) is 5.02 Å². The third kappa shape index (κ3) is 3.59. The molecule has 1 aliphatic rings. The maximum Gasteiger partial charge on any atom is 0.254 e. The van der Waals surface area contributed by atoms with Gasteiger partial charge in [-0.1, -0.05) is 24.9 Å². The Kier molecular flexibility index (Phi) is 5.59. The summed E-state index contributed by atoms with van der Waals surface area (Å²) in [7, 11) is 0. The summed E-state index contributed by atoms with van der Waals surface area (Å²) in [4.78, 5) is 19.2. The lowest BCUT2D eigenvalue weighted by molar-refractivity contribution is -0.120. The summed E-state index contributed by atoms with van der Waals surface area (Å²) < 4.78 is 0. The van der Waals surface area contributed by atoms with Gasteiger partial charge in [0.15, 0.2) is 6.04 Å². The van der Waals surface area contributed by atoms with Crippen LogP contribution in [0.25, 0.3) is 0 Å². The van der Waals surface area contributed by atoms with E-state index in [1.165, 1.54) is 0 Å². The van der Waals surface area contributed by atoms with Gasteiger partial charge in [0.25, 0.3) is 5.91 Å². The number of benzene rings is 2. The number of benzodiazepines with no additional fused rings is 1. The number of carbonyl (C=O) groups excluding carboxylic acids is 1. The van der Waals surface area contributed by atoms with Crippen molar-refractivity contribution < 1.29 is 15.0 Å². The molecule has 1 unspecified atom stereocenters. The van der Waals surface area contributed by atoms with E-state index in [2.05, 4.69) is 11.9 Å². The Morgan fingerprint density at radius 2 is 1.92 bits per heavy atom. The topological polar surface area (TPSA) is 73.1 Å². The number of aliphatic hydroxyl groups is 1. The van der Waals surface area contributed by atoms with Crippen LogP contribution in [0, 0.1) is 0 Å². The molecule has 0 bridgehead atoms. The number of phenolic OH excluding ortho intramolecular Hbond substituents is 1. The number of nitrogens with zero attached hydrogens (tertiary/aromatic N) is 2. The van der Waals surface area contributed by atoms with Gasteiger partial charge in [0.05, 0.1) is 18.0 Å². The first-order valence-electron chi connectivity index (χ1n) is 8.64. The van der Waals surface area contributed by atoms with E-state index in [0.717, 1.165) is 29.7 Å². The number of fused-ring (bicyclic) bond motifs is 1. The standard InChI is InChI=1S/C20H21ClN2O3/c1-2-3-10-23-18-9-6-14(21)11-16(18)19(22-17(12-24)20(23)26)13-4-7-15(25)8-5-13/h4-9,11,17,24-25H,2-3,10,12H2,1H3. The predicted molar refractivity (Wildman–Crippen MR) is 103 cm³/mol. The highest BCUT2D eigenvalue weighted by atomic mass is 35.5. The second kappa shape index (κ2) is 7.89. The molecule has 0 spiro atoms. The molecule has 1 aliphatic heterocycles. The summed E-state index contributed by atoms with van der Waals surface area (Å²) in [5.41, 5.74) is 2.79. The molecule has 3 rings (SSSR count). The Labute approximate surface area is 157 Å². The van der Waals surface area contributed by atoms with Crippen molar-refractivity contribution in [1.29, 1.82) is 0 Å². The van der Waals surface area contributed by atoms with Crippen LogP contribution in [0.4, 0.5) is 5.69 Å². The number of hydrogen-bond donors (Lipinski definition) is 2. The van der Waals surface area contributed by atoms with E-state index >= 15 is 0 Å². The molecule has 2 aromatic carbocycles. The molecule has 2 aromatic rings. The summed E-state index contributed by atoms with van der Waals surface area (Å²) in [6.45, 7) is 2.25. The molecular weight excluding hydrogens is 352 g/mol. The van der Waals surface area contributed by atoms with E-state index < -0.39 is 6.04 Å². The summed E-state index contributed by atoms with van der Waals surface area (Å²) in [6, 6.07) is 11.1. The van der Waals surface area contributed by atoms with E-state index in [1.807, 2.05) is 6.07 Å². The van der Waals surface area contributed by atoms with Gasteiger partial charge in [0.2, 0.25) is 0 Å². The number of amides is 1. The largest absolute Gasteiger partial charge is 0.508 e. The summed E-state index contributed by atoms with van der Waals surface area (Å²) in [5, 5.41) is 19.9. The summed E-state index contributed by atoms with van der Waals surface area (Å²) in [6.07, 6.45) is 1.79. The van der Waals surface area contributed by atoms with Crippen molar-refractivity contribution in [3.05, 3.63) is 58.6 Å². The van der Waals surface area contributed by atoms with Crippen molar-refractivity contribution in [1.82, 2.24) is 0 Å². The number of rotatable bonds is 5. The lowest BCUT2D eigenvalue weighted by atomic mass is 10.00. The Morgan fingerprint density at radius 1 is 1.19 bits per heavy atom. The minimum Gasteiger partial charge on any atom is -0.508 e. The van der Waals surface area contributed by atoms with Gasteiger partial charge in [-0.05, 0) is 48.9 Å². The smallest absolute Gasteiger partial charge is 0.254 e. The van der Waals surface area contributed by atoms with E-state index in [9.17, 15) is 15.0 Å². The van der Waals surface area contributed by atoms with Crippen LogP contribution in [0.3, 0.4) is 0 Å². The van der Waals surface area contributed by atoms with Crippen molar-refractivity contribution in [2.24, 2.45) is 4.99 Å². The summed E-state index contributed by atoms with van der Waals surface area (Å²) in [5.74, 6) is -0.0769. The van der Waals surface area contributed by atoms with Gasteiger partial charge in [-0.15, -0.1) is 0 Å². The molecule has 0 fully saturated rings. The van der Waals surface area contributed by atoms with Crippen LogP contribution >= 0.6 is 11.6 Å². The molecule has 0 saturated carbocycles. The molecule has 0 aliphatic carbocycles. The van der Waals surface area contributed by atoms with Crippen LogP contribution in [-0.4, -0.2) is 41.0 Å². The van der Waals surface area contributed by atoms with Gasteiger partial charge in [-0.25, -0.2) is 0 Å². The second-order valence-electron chi connectivity index (χ2n) is 6.23. The van der Waals surface area contributed by atoms with Crippen LogP contribution in [0.1, 0.15) is 30.9 Å². The van der Waals surface area contributed by atoms with E-state index in [4.69, 9.17) is 11.6 Å². The van der Waals surface area contributed by atoms with Crippen molar-refractivity contribution >= 4 is 28.9 Å². The van der Waals surface area contributed by atoms with E-state index in [1.54, 1.807) is 41.3 Å². The van der Waals surface area contributed by atoms with E-state index in [0.29, 0.717) is 17.3 Å². The number of aromatic hydroxyl groups is 1. The molecule has 1 atom stereocenters. The molecular formula is C20H21ClN2O3. The number of unbranched alkanes of at least 4 members (excludes halogenated alkanes) is 1. The van der Waals surface area contributed by atoms with Crippen molar-refractivity contribution in [3.63, 3.8) is 0 Å². The number of halogens is 1. The minimum atomic E-state index is -0.873. The minimum absolute atomic E-state index is 0.147. The SMILES string of the molecule is CCCCN1C(=O)C(CO)N=C(c2ccc(O)cc2)c2cc(Cl)ccc21. The molecule has 2 N–H and O–H groups in total. The van der Waals surface area contributed by atoms with Gasteiger partial charge >= 0.3 is 0 Å². The maximum absolute atomic E-state index is 12.9. The molecule has 0 saturated heterocycles. The highest BCUT2D eigenvalue weighted by Crippen LogP contribution is 2.31. The third-order valence-corrected chi connectivity index (χ3v) is 4.62. The number of anilines is 1. The third-order valence-electron chi connectivity index (χ3n) is 4.39. The fourth-order valence-electron chi connectivity index (χ4n) is 3.03. The number of carbonyl (C=O) groups is 1. The number of phenols is 1. The average molecular weight is 373 g/mol. The van der Waals surface area contributed by atoms with Crippen LogP contribution in [0.15, 0.2) is 47.5 Å². The average Bonchev–Trinajstić information content (AvgIpc) is 2.75. The zero-order valence-corrected chi connectivity index (χ0v) is 15.3. The predicted octanol–water partition coefficient (Wildman–Crippen LogP) is 3.39. The first-order valence-corrected chi connectivity index (χ1v) is 9.02. The van der Waals surface area contributed by atoms with Crippen LogP contribution in [-0.2, 0) is 4.79 Å². The Bertz CT molecular complexity index is 833. The quantitative estimate of drug-likeness (QED) is 0.844. The van der Waals surface area contributed by atoms with Crippen molar-refractivity contribution in [3.8, 4) is 5.75 Å². The Balaban J connectivity index is 2.19. The maximum atomic E-state index is 12.9. The van der Waals surface area contributed by atoms with Crippen molar-refractivity contribution in [2.75, 3.05) is 18.1 Å². The highest BCUT2D eigenvalue weighted by molar-refractivity contribution is 6.32. The first-order chi connectivity index (χ1) is 12.5. The number of aliphatic imine (C=N–C) groups is 1. The number of hydrogen-bond acceptors (Lipinski definition) is 4. The highest BCUT2D eigenvalue weighted by Gasteiger charge is 2.31. The molecule has 5 nitrogen and oxygen atoms in total. The summed E-state index contributed by atoms with van der Waals surface area (Å²) >= 11 is 6.22. The lowest BCUT2D eigenvalue weighted by Gasteiger charge is -2.24. The second-order valence-corrected chi connectivity index (χ2v) is 6.66. The fourth-order valence-corrected chi connectivity index (χ4v) is 3.20. The zero-order valence-electron chi connectivity index (χ0n) is 14.5. The van der Waals surface area contributed by atoms with Gasteiger partial charge in [-0.2, -0.15) is 0 Å². The Hall–Kier alpha value is -2.37. The van der Waals surface area contributed by atoms with Crippen molar-refractivity contribution in [2.45, 2.75) is 25.8 Å². The zero-order chi connectivity index (χ0) is 18.7. The normalized spacial score (nSPS) is 16.9. The molecule has 1 amide bonds. The van der Waals surface area contributed by atoms with Gasteiger partial charge in [-0.3, -0.25) is 9.79 Å². The van der Waals surface area contributed by atoms with Gasteiger partial charge < -0.3 is 15.1 Å². The lowest BCUT2D eigenvalue weighted by Crippen LogP contribution is -2.40. The molecule has 136 valence electrons. The molecule has 1 heterocycles. The molecule has 26 heavy (non-hydrogen) atoms. The molecule has 6 heteroatoms. The number of aliphatic hydroxyl groups excluding tert-OH is 1. The van der Waals surface area contributed by atoms with Gasteiger partial charge in [0.1, 0.15) is 5.75 Å². The molecule has 0 radical (unpaired) electrons. The fraction of sp³-hybridized carbons (Fsp3) is 0.300. The Morgan fingerprint density at radius 3 is 2.58 bits per heavy atom. The molecule has 0 aromatic heterocycles. The van der Waals surface area contributed by atoms with E-state index in [-0.39, 0.29) is 18.3 Å². The van der Waals surface area contributed by atoms with Crippen LogP contribution < -0.4 is 4.90 Å².